The molecule has 0 radical (unpaired) electrons. The van der Waals surface area contributed by atoms with Gasteiger partial charge < -0.3 is 19.5 Å². The molecule has 4 aromatic rings. The van der Waals surface area contributed by atoms with Crippen molar-refractivity contribution in [3.8, 4) is 17.2 Å². The van der Waals surface area contributed by atoms with Gasteiger partial charge in [-0.15, -0.1) is 23.1 Å². The summed E-state index contributed by atoms with van der Waals surface area (Å²) in [6, 6.07) is 22.6. The molecule has 1 unspecified atom stereocenters. The van der Waals surface area contributed by atoms with Crippen molar-refractivity contribution in [2.24, 2.45) is 0 Å². The molecule has 2 heterocycles. The van der Waals surface area contributed by atoms with E-state index in [1.807, 2.05) is 31.2 Å². The molecule has 2 atom stereocenters. The minimum Gasteiger partial charge on any atom is -0.488 e. The van der Waals surface area contributed by atoms with Gasteiger partial charge in [0.25, 0.3) is 0 Å². The van der Waals surface area contributed by atoms with E-state index in [0.29, 0.717) is 6.61 Å². The Morgan fingerprint density at radius 1 is 1.06 bits per heavy atom. The van der Waals surface area contributed by atoms with Crippen molar-refractivity contribution >= 4 is 39.0 Å². The lowest BCUT2D eigenvalue weighted by Crippen LogP contribution is -2.18. The quantitative estimate of drug-likeness (QED) is 0.241. The van der Waals surface area contributed by atoms with Crippen LogP contribution < -0.4 is 14.8 Å². The average molecular weight is 505 g/mol. The highest BCUT2D eigenvalue weighted by atomic mass is 32.2. The van der Waals surface area contributed by atoms with Crippen LogP contribution in [0.3, 0.4) is 0 Å². The van der Waals surface area contributed by atoms with Crippen LogP contribution in [0.4, 0.5) is 0 Å². The predicted molar refractivity (Wildman–Crippen MR) is 145 cm³/mol. The van der Waals surface area contributed by atoms with Gasteiger partial charge in [-0.25, -0.2) is 4.98 Å². The summed E-state index contributed by atoms with van der Waals surface area (Å²) in [5, 5.41) is 4.77. The van der Waals surface area contributed by atoms with Gasteiger partial charge in [0.15, 0.2) is 0 Å². The van der Waals surface area contributed by atoms with Gasteiger partial charge in [-0.2, -0.15) is 0 Å². The molecule has 5 nitrogen and oxygen atoms in total. The Labute approximate surface area is 214 Å². The summed E-state index contributed by atoms with van der Waals surface area (Å²) < 4.78 is 18.8. The second-order valence-electron chi connectivity index (χ2n) is 8.42. The van der Waals surface area contributed by atoms with E-state index in [4.69, 9.17) is 19.2 Å². The Balaban J connectivity index is 1.39. The Morgan fingerprint density at radius 2 is 1.86 bits per heavy atom. The molecule has 5 rings (SSSR count). The molecule has 7 heteroatoms. The number of benzene rings is 3. The van der Waals surface area contributed by atoms with Crippen LogP contribution in [-0.4, -0.2) is 31.1 Å². The van der Waals surface area contributed by atoms with Crippen molar-refractivity contribution in [2.45, 2.75) is 30.4 Å². The Kier molecular flexibility index (Phi) is 7.27. The number of thioether (sulfide) groups is 1. The van der Waals surface area contributed by atoms with Crippen molar-refractivity contribution in [3.05, 3.63) is 83.4 Å². The largest absolute Gasteiger partial charge is 0.488 e. The van der Waals surface area contributed by atoms with Gasteiger partial charge in [-0.05, 0) is 68.1 Å². The number of ether oxygens (including phenoxy) is 3. The maximum atomic E-state index is 6.23. The third kappa shape index (κ3) is 5.64. The number of hydrogen-bond donors (Lipinski definition) is 1. The van der Waals surface area contributed by atoms with Crippen LogP contribution in [0.1, 0.15) is 30.0 Å². The monoisotopic (exact) mass is 504 g/mol. The third-order valence-electron chi connectivity index (χ3n) is 5.72. The van der Waals surface area contributed by atoms with Crippen molar-refractivity contribution in [1.29, 1.82) is 0 Å². The first kappa shape index (κ1) is 23.7. The maximum Gasteiger partial charge on any atom is 0.131 e. The normalized spacial score (nSPS) is 16.1. The van der Waals surface area contributed by atoms with Gasteiger partial charge in [0.05, 0.1) is 22.9 Å². The van der Waals surface area contributed by atoms with Crippen molar-refractivity contribution < 1.29 is 14.2 Å². The van der Waals surface area contributed by atoms with Crippen LogP contribution in [0.15, 0.2) is 77.7 Å². The summed E-state index contributed by atoms with van der Waals surface area (Å²) >= 11 is 3.45. The number of para-hydroxylation sites is 1. The zero-order valence-corrected chi connectivity index (χ0v) is 21.6. The van der Waals surface area contributed by atoms with E-state index in [9.17, 15) is 0 Å². The zero-order chi connectivity index (χ0) is 24.2. The number of fused-ring (bicyclic) bond motifs is 1. The number of nitrogens with one attached hydrogen (secondary N) is 1. The van der Waals surface area contributed by atoms with Crippen molar-refractivity contribution in [3.63, 3.8) is 0 Å². The molecular formula is C28H28N2O3S2. The molecule has 0 fully saturated rings. The number of hydrogen-bond acceptors (Lipinski definition) is 7. The van der Waals surface area contributed by atoms with E-state index in [-0.39, 0.29) is 12.1 Å². The molecular weight excluding hydrogens is 476 g/mol. The summed E-state index contributed by atoms with van der Waals surface area (Å²) in [4.78, 5) is 6.04. The lowest BCUT2D eigenvalue weighted by Gasteiger charge is -2.18. The van der Waals surface area contributed by atoms with Crippen LogP contribution in [-0.2, 0) is 4.74 Å². The van der Waals surface area contributed by atoms with Gasteiger partial charge in [0.2, 0.25) is 0 Å². The summed E-state index contributed by atoms with van der Waals surface area (Å²) in [7, 11) is 1.68. The lowest BCUT2D eigenvalue weighted by molar-refractivity contribution is 0.0919. The molecule has 0 saturated carbocycles. The van der Waals surface area contributed by atoms with Gasteiger partial charge in [0, 0.05) is 29.3 Å². The van der Waals surface area contributed by atoms with E-state index in [0.717, 1.165) is 45.5 Å². The highest BCUT2D eigenvalue weighted by molar-refractivity contribution is 7.98. The molecule has 1 aliphatic rings. The molecule has 35 heavy (non-hydrogen) atoms. The van der Waals surface area contributed by atoms with Gasteiger partial charge >= 0.3 is 0 Å². The molecule has 0 saturated heterocycles. The first-order valence-electron chi connectivity index (χ1n) is 11.6. The molecule has 1 N–H and O–H groups in total. The van der Waals surface area contributed by atoms with Crippen LogP contribution >= 0.6 is 23.1 Å². The fourth-order valence-corrected chi connectivity index (χ4v) is 5.52. The summed E-state index contributed by atoms with van der Waals surface area (Å²) in [6.07, 6.45) is 5.09. The average Bonchev–Trinajstić information content (AvgIpc) is 3.52. The van der Waals surface area contributed by atoms with Crippen LogP contribution in [0.2, 0.25) is 0 Å². The van der Waals surface area contributed by atoms with Crippen molar-refractivity contribution in [1.82, 2.24) is 10.3 Å². The highest BCUT2D eigenvalue weighted by Gasteiger charge is 2.23. The smallest absolute Gasteiger partial charge is 0.131 e. The first-order valence-corrected chi connectivity index (χ1v) is 13.6. The molecule has 0 amide bonds. The van der Waals surface area contributed by atoms with E-state index in [2.05, 4.69) is 60.1 Å². The number of aromatic nitrogens is 1. The minimum absolute atomic E-state index is 0.0787. The van der Waals surface area contributed by atoms with Gasteiger partial charge in [-0.3, -0.25) is 0 Å². The van der Waals surface area contributed by atoms with Gasteiger partial charge in [0.1, 0.15) is 28.4 Å². The molecule has 3 aromatic carbocycles. The fraction of sp³-hybridized carbons (Fsp3) is 0.250. The van der Waals surface area contributed by atoms with Crippen molar-refractivity contribution in [2.75, 3.05) is 20.0 Å². The van der Waals surface area contributed by atoms with Crippen LogP contribution in [0.25, 0.3) is 15.9 Å². The number of rotatable bonds is 9. The molecule has 0 spiro atoms. The Bertz CT molecular complexity index is 1300. The van der Waals surface area contributed by atoms with Gasteiger partial charge in [-0.1, -0.05) is 18.2 Å². The number of thiazole rings is 1. The van der Waals surface area contributed by atoms with E-state index in [1.165, 1.54) is 9.60 Å². The molecule has 0 aliphatic carbocycles. The first-order chi connectivity index (χ1) is 17.1. The van der Waals surface area contributed by atoms with E-state index >= 15 is 0 Å². The summed E-state index contributed by atoms with van der Waals surface area (Å²) in [5.41, 5.74) is 3.13. The minimum atomic E-state index is -0.0787. The van der Waals surface area contributed by atoms with E-state index < -0.39 is 0 Å². The van der Waals surface area contributed by atoms with Crippen LogP contribution in [0, 0.1) is 0 Å². The molecule has 180 valence electrons. The lowest BCUT2D eigenvalue weighted by atomic mass is 10.1. The standard InChI is InChI=1S/C28H28N2O3S2/c1-18(17-31-2)32-21-14-19(15-22(16-21)33-20-8-10-23(34-3)11-9-20)24-12-13-26(29-24)28-30-25-6-4-5-7-27(25)35-28/h4-12,14-16,18,26,29H,13,17H2,1-3H3/t18-,26?/m0/s1. The van der Waals surface area contributed by atoms with Crippen LogP contribution in [0.5, 0.6) is 17.2 Å². The number of nitrogens with zero attached hydrogens (tertiary/aromatic N) is 1. The highest BCUT2D eigenvalue weighted by Crippen LogP contribution is 2.37. The third-order valence-corrected chi connectivity index (χ3v) is 7.61. The Morgan fingerprint density at radius 3 is 2.63 bits per heavy atom. The molecule has 1 aromatic heterocycles. The fourth-order valence-electron chi connectivity index (χ4n) is 4.08. The van der Waals surface area contributed by atoms with E-state index in [1.54, 1.807) is 30.2 Å². The maximum absolute atomic E-state index is 6.23. The SMILES string of the molecule is COC[C@H](C)Oc1cc(Oc2ccc(SC)cc2)cc(C2=CCC(c3nc4ccccc4s3)N2)c1. The second-order valence-corrected chi connectivity index (χ2v) is 10.4. The summed E-state index contributed by atoms with van der Waals surface area (Å²) in [5.74, 6) is 2.26. The number of methoxy groups -OCH3 is 1. The molecule has 1 aliphatic heterocycles. The second kappa shape index (κ2) is 10.7. The topological polar surface area (TPSA) is 52.6 Å². The summed E-state index contributed by atoms with van der Waals surface area (Å²) in [6.45, 7) is 2.51. The predicted octanol–water partition coefficient (Wildman–Crippen LogP) is 7.30. The Hall–Kier alpha value is -3.00. The molecule has 0 bridgehead atoms. The zero-order valence-electron chi connectivity index (χ0n) is 20.0.